The summed E-state index contributed by atoms with van der Waals surface area (Å²) in [5.41, 5.74) is 5.77. The van der Waals surface area contributed by atoms with Crippen LogP contribution in [0.4, 0.5) is 5.82 Å². The molecule has 0 amide bonds. The minimum atomic E-state index is -0.213. The molecule has 0 radical (unpaired) electrons. The highest BCUT2D eigenvalue weighted by Gasteiger charge is 2.29. The van der Waals surface area contributed by atoms with Gasteiger partial charge in [-0.2, -0.15) is 15.0 Å². The summed E-state index contributed by atoms with van der Waals surface area (Å²) in [6, 6.07) is 1.85. The Hall–Kier alpha value is -1.87. The number of nitrogens with zero attached hydrogens (tertiary/aromatic N) is 3. The molecule has 14 heavy (non-hydrogen) atoms. The third-order valence-electron chi connectivity index (χ3n) is 2.12. The molecular weight excluding hydrogens is 184 g/mol. The van der Waals surface area contributed by atoms with E-state index in [1.54, 1.807) is 0 Å². The van der Waals surface area contributed by atoms with Gasteiger partial charge in [0.25, 0.3) is 5.91 Å². The van der Waals surface area contributed by atoms with Crippen molar-refractivity contribution in [3.8, 4) is 6.07 Å². The number of nitriles is 1. The van der Waals surface area contributed by atoms with Gasteiger partial charge in [-0.3, -0.25) is 4.79 Å². The van der Waals surface area contributed by atoms with Gasteiger partial charge in [0.05, 0.1) is 25.3 Å². The molecule has 2 N–H and O–H groups in total. The first-order valence-corrected chi connectivity index (χ1v) is 4.09. The molecule has 1 fully saturated rings. The lowest BCUT2D eigenvalue weighted by Gasteiger charge is -2.24. The van der Waals surface area contributed by atoms with Crippen molar-refractivity contribution in [2.75, 3.05) is 18.9 Å². The summed E-state index contributed by atoms with van der Waals surface area (Å²) in [6.45, 7) is 0.806. The van der Waals surface area contributed by atoms with E-state index in [0.29, 0.717) is 13.2 Å². The van der Waals surface area contributed by atoms with Gasteiger partial charge in [-0.25, -0.2) is 0 Å². The van der Waals surface area contributed by atoms with E-state index in [1.165, 1.54) is 6.20 Å². The van der Waals surface area contributed by atoms with Gasteiger partial charge in [0, 0.05) is 0 Å². The lowest BCUT2D eigenvalue weighted by molar-refractivity contribution is -0.0244. The quantitative estimate of drug-likeness (QED) is 0.654. The van der Waals surface area contributed by atoms with Crippen LogP contribution in [0.3, 0.4) is 0 Å². The van der Waals surface area contributed by atoms with Crippen LogP contribution in [0.2, 0.25) is 0 Å². The Labute approximate surface area is 79.9 Å². The van der Waals surface area contributed by atoms with E-state index in [0.717, 1.165) is 4.68 Å². The van der Waals surface area contributed by atoms with Gasteiger partial charge >= 0.3 is 0 Å². The number of carbonyl (C=O) groups is 1. The highest BCUT2D eigenvalue weighted by molar-refractivity contribution is 5.84. The Morgan fingerprint density at radius 1 is 1.79 bits per heavy atom. The van der Waals surface area contributed by atoms with Crippen molar-refractivity contribution in [3.05, 3.63) is 11.8 Å². The molecular formula is C8H8N4O2. The van der Waals surface area contributed by atoms with E-state index in [1.807, 2.05) is 6.07 Å². The lowest BCUT2D eigenvalue weighted by atomic mass is 10.1. The molecule has 0 aliphatic carbocycles. The third kappa shape index (κ3) is 1.15. The van der Waals surface area contributed by atoms with Gasteiger partial charge in [-0.15, -0.1) is 0 Å². The topological polar surface area (TPSA) is 93.9 Å². The first-order valence-electron chi connectivity index (χ1n) is 4.09. The second kappa shape index (κ2) is 3.12. The van der Waals surface area contributed by atoms with Crippen LogP contribution in [0.25, 0.3) is 0 Å². The second-order valence-electron chi connectivity index (χ2n) is 3.04. The maximum absolute atomic E-state index is 11.6. The van der Waals surface area contributed by atoms with Gasteiger partial charge in [0.1, 0.15) is 17.5 Å². The first kappa shape index (κ1) is 8.72. The van der Waals surface area contributed by atoms with E-state index >= 15 is 0 Å². The number of hydrogen-bond donors (Lipinski definition) is 1. The maximum Gasteiger partial charge on any atom is 0.256 e. The van der Waals surface area contributed by atoms with E-state index in [4.69, 9.17) is 15.7 Å². The van der Waals surface area contributed by atoms with Crippen molar-refractivity contribution in [1.29, 1.82) is 5.26 Å². The number of anilines is 1. The zero-order chi connectivity index (χ0) is 10.1. The molecule has 6 heteroatoms. The van der Waals surface area contributed by atoms with E-state index in [-0.39, 0.29) is 23.2 Å². The number of carbonyl (C=O) groups excluding carboxylic acids is 1. The number of nitrogen functional groups attached to an aromatic ring is 1. The monoisotopic (exact) mass is 192 g/mol. The number of ether oxygens (including phenoxy) is 1. The fourth-order valence-electron chi connectivity index (χ4n) is 1.17. The molecule has 0 saturated carbocycles. The summed E-state index contributed by atoms with van der Waals surface area (Å²) in [7, 11) is 0. The van der Waals surface area contributed by atoms with E-state index < -0.39 is 0 Å². The molecule has 2 heterocycles. The Morgan fingerprint density at radius 3 is 2.93 bits per heavy atom. The smallest absolute Gasteiger partial charge is 0.256 e. The summed E-state index contributed by atoms with van der Waals surface area (Å²) >= 11 is 0. The summed E-state index contributed by atoms with van der Waals surface area (Å²) in [5.74, 6) is -0.289. The van der Waals surface area contributed by atoms with E-state index in [2.05, 4.69) is 5.10 Å². The van der Waals surface area contributed by atoms with Gasteiger partial charge in [-0.05, 0) is 0 Å². The summed E-state index contributed by atoms with van der Waals surface area (Å²) in [6.07, 6.45) is 1.28. The molecule has 1 aliphatic rings. The molecule has 1 aromatic heterocycles. The largest absolute Gasteiger partial charge is 0.382 e. The van der Waals surface area contributed by atoms with Crippen LogP contribution in [0.5, 0.6) is 0 Å². The molecule has 0 aromatic carbocycles. The average molecular weight is 192 g/mol. The van der Waals surface area contributed by atoms with Crippen LogP contribution in [-0.2, 0) is 4.74 Å². The van der Waals surface area contributed by atoms with Crippen molar-refractivity contribution >= 4 is 11.7 Å². The van der Waals surface area contributed by atoms with Gasteiger partial charge in [-0.1, -0.05) is 0 Å². The number of aromatic nitrogens is 2. The predicted molar refractivity (Wildman–Crippen MR) is 46.3 cm³/mol. The molecule has 0 unspecified atom stereocenters. The van der Waals surface area contributed by atoms with Crippen LogP contribution in [0.1, 0.15) is 10.4 Å². The van der Waals surface area contributed by atoms with Crippen LogP contribution in [-0.4, -0.2) is 28.9 Å². The molecule has 6 nitrogen and oxygen atoms in total. The molecule has 72 valence electrons. The summed E-state index contributed by atoms with van der Waals surface area (Å²) < 4.78 is 5.94. The van der Waals surface area contributed by atoms with Crippen molar-refractivity contribution < 1.29 is 9.53 Å². The Balaban J connectivity index is 2.28. The fraction of sp³-hybridized carbons (Fsp3) is 0.375. The van der Waals surface area contributed by atoms with Crippen LogP contribution < -0.4 is 5.73 Å². The highest BCUT2D eigenvalue weighted by atomic mass is 16.5. The van der Waals surface area contributed by atoms with Crippen LogP contribution in [0, 0.1) is 17.2 Å². The zero-order valence-corrected chi connectivity index (χ0v) is 7.30. The lowest BCUT2D eigenvalue weighted by Crippen LogP contribution is -2.38. The molecule has 1 saturated heterocycles. The predicted octanol–water partition coefficient (Wildman–Crippen LogP) is -0.376. The normalized spacial score (nSPS) is 15.9. The van der Waals surface area contributed by atoms with Crippen molar-refractivity contribution in [2.45, 2.75) is 0 Å². The summed E-state index contributed by atoms with van der Waals surface area (Å²) in [5, 5.41) is 12.4. The van der Waals surface area contributed by atoms with Crippen LogP contribution >= 0.6 is 0 Å². The summed E-state index contributed by atoms with van der Waals surface area (Å²) in [4.78, 5) is 11.6. The highest BCUT2D eigenvalue weighted by Crippen LogP contribution is 2.16. The average Bonchev–Trinajstić information content (AvgIpc) is 2.43. The first-order chi connectivity index (χ1) is 6.74. The van der Waals surface area contributed by atoms with Gasteiger partial charge in [0.2, 0.25) is 0 Å². The molecule has 0 bridgehead atoms. The Morgan fingerprint density at radius 2 is 2.50 bits per heavy atom. The Bertz CT molecular complexity index is 413. The van der Waals surface area contributed by atoms with Crippen molar-refractivity contribution in [3.63, 3.8) is 0 Å². The van der Waals surface area contributed by atoms with Crippen LogP contribution in [0.15, 0.2) is 6.20 Å². The number of hydrogen-bond acceptors (Lipinski definition) is 5. The fourth-order valence-corrected chi connectivity index (χ4v) is 1.17. The Kier molecular flexibility index (Phi) is 1.94. The molecule has 1 aromatic rings. The minimum Gasteiger partial charge on any atom is -0.382 e. The second-order valence-corrected chi connectivity index (χ2v) is 3.04. The zero-order valence-electron chi connectivity index (χ0n) is 7.30. The van der Waals surface area contributed by atoms with E-state index in [9.17, 15) is 4.79 Å². The molecule has 2 rings (SSSR count). The standard InChI is InChI=1S/C8H8N4O2/c9-1-5-2-11-12(7(5)10)8(13)6-3-14-4-6/h2,6H,3-4,10H2. The maximum atomic E-state index is 11.6. The van der Waals surface area contributed by atoms with Crippen molar-refractivity contribution in [1.82, 2.24) is 9.78 Å². The molecule has 1 aliphatic heterocycles. The van der Waals surface area contributed by atoms with Crippen molar-refractivity contribution in [2.24, 2.45) is 5.92 Å². The number of rotatable bonds is 1. The minimum absolute atomic E-state index is 0.101. The third-order valence-corrected chi connectivity index (χ3v) is 2.12. The SMILES string of the molecule is N#Cc1cnn(C(=O)C2COC2)c1N. The number of nitrogens with two attached hydrogens (primary N) is 1. The molecule has 0 spiro atoms. The van der Waals surface area contributed by atoms with Gasteiger partial charge < -0.3 is 10.5 Å². The van der Waals surface area contributed by atoms with Gasteiger partial charge in [0.15, 0.2) is 0 Å². The molecule has 0 atom stereocenters.